The number of carbonyl (C=O) groups is 1. The molecule has 0 aromatic carbocycles. The Kier molecular flexibility index (Phi) is 5.51. The van der Waals surface area contributed by atoms with Crippen molar-refractivity contribution in [1.29, 1.82) is 0 Å². The molecule has 4 fully saturated rings. The van der Waals surface area contributed by atoms with Gasteiger partial charge in [-0.2, -0.15) is 4.21 Å². The molecule has 2 aliphatic heterocycles. The van der Waals surface area contributed by atoms with Gasteiger partial charge in [-0.15, -0.1) is 0 Å². The average molecular weight is 422 g/mol. The molecule has 0 spiro atoms. The van der Waals surface area contributed by atoms with Crippen molar-refractivity contribution in [3.05, 3.63) is 36.1 Å². The summed E-state index contributed by atoms with van der Waals surface area (Å²) in [4.78, 5) is 10.9. The molecule has 2 unspecified atom stereocenters. The molecule has 2 saturated heterocycles. The van der Waals surface area contributed by atoms with Crippen LogP contribution in [0.3, 0.4) is 0 Å². The van der Waals surface area contributed by atoms with Crippen LogP contribution in [0.25, 0.3) is 0 Å². The zero-order chi connectivity index (χ0) is 20.8. The molecule has 2 heterocycles. The van der Waals surface area contributed by atoms with Crippen molar-refractivity contribution in [3.8, 4) is 0 Å². The van der Waals surface area contributed by atoms with Crippen molar-refractivity contribution in [1.82, 2.24) is 5.32 Å². The van der Waals surface area contributed by atoms with Crippen molar-refractivity contribution in [3.63, 3.8) is 0 Å². The molecule has 4 rings (SSSR count). The predicted molar refractivity (Wildman–Crippen MR) is 111 cm³/mol. The number of rotatable bonds is 4. The smallest absolute Gasteiger partial charge is 0.304 e. The molecule has 0 aromatic heterocycles. The summed E-state index contributed by atoms with van der Waals surface area (Å²) in [5, 5.41) is 2.82. The molecule has 0 radical (unpaired) electrons. The van der Waals surface area contributed by atoms with Gasteiger partial charge in [0.1, 0.15) is 12.4 Å². The van der Waals surface area contributed by atoms with Crippen LogP contribution >= 0.6 is 0 Å². The van der Waals surface area contributed by atoms with E-state index in [1.54, 1.807) is 0 Å². The van der Waals surface area contributed by atoms with Gasteiger partial charge in [-0.25, -0.2) is 0 Å². The van der Waals surface area contributed by atoms with E-state index in [4.69, 9.17) is 13.1 Å². The lowest BCUT2D eigenvalue weighted by Gasteiger charge is -2.61. The summed E-state index contributed by atoms with van der Waals surface area (Å²) < 4.78 is 28.5. The van der Waals surface area contributed by atoms with Crippen LogP contribution in [0, 0.1) is 22.7 Å². The number of carbonyl (C=O) groups excluding carboxylic acids is 1. The van der Waals surface area contributed by atoms with Crippen LogP contribution in [0.4, 0.5) is 0 Å². The van der Waals surface area contributed by atoms with Crippen molar-refractivity contribution in [2.24, 2.45) is 22.7 Å². The quantitative estimate of drug-likeness (QED) is 0.557. The minimum absolute atomic E-state index is 0.0234. The van der Waals surface area contributed by atoms with E-state index in [9.17, 15) is 9.00 Å². The maximum Gasteiger partial charge on any atom is 0.304 e. The molecule has 1 N–H and O–H groups in total. The monoisotopic (exact) mass is 421 g/mol. The standard InChI is InChI=1S/C22H31NO5S/c1-14-5-8-19-21(3,10-9-20-22(19,4)12-27-29(25)28-20)17(14)7-6-16-15(2)26-11-18(16)23-13-24/h6,13,17-20H,1-2,5,7-12H2,3-4H3,(H,23,24)/b16-6-/t17-,18?,19+,20-,21+,22+,29?/m1/s1. The molecule has 0 aromatic rings. The third-order valence-electron chi connectivity index (χ3n) is 7.94. The second-order valence-electron chi connectivity index (χ2n) is 9.37. The van der Waals surface area contributed by atoms with Crippen LogP contribution in [-0.4, -0.2) is 36.0 Å². The van der Waals surface area contributed by atoms with Crippen LogP contribution in [0.2, 0.25) is 0 Å². The highest BCUT2D eigenvalue weighted by atomic mass is 32.2. The van der Waals surface area contributed by atoms with E-state index < -0.39 is 11.4 Å². The molecule has 6 nitrogen and oxygen atoms in total. The van der Waals surface area contributed by atoms with Gasteiger partial charge in [0.05, 0.1) is 18.8 Å². The van der Waals surface area contributed by atoms with Crippen molar-refractivity contribution in [2.75, 3.05) is 13.2 Å². The first kappa shape index (κ1) is 20.8. The Morgan fingerprint density at radius 1 is 1.28 bits per heavy atom. The van der Waals surface area contributed by atoms with Gasteiger partial charge in [0.2, 0.25) is 6.41 Å². The first-order chi connectivity index (χ1) is 13.8. The first-order valence-corrected chi connectivity index (χ1v) is 11.4. The Morgan fingerprint density at radius 3 is 2.83 bits per heavy atom. The fourth-order valence-electron chi connectivity index (χ4n) is 6.33. The van der Waals surface area contributed by atoms with Gasteiger partial charge in [-0.1, -0.05) is 38.7 Å². The molecule has 160 valence electrons. The van der Waals surface area contributed by atoms with E-state index in [-0.39, 0.29) is 23.0 Å². The van der Waals surface area contributed by atoms with Crippen molar-refractivity contribution >= 4 is 17.8 Å². The molecule has 1 amide bonds. The first-order valence-electron chi connectivity index (χ1n) is 10.4. The summed E-state index contributed by atoms with van der Waals surface area (Å²) in [5.41, 5.74) is 2.18. The highest BCUT2D eigenvalue weighted by Gasteiger charge is 2.60. The van der Waals surface area contributed by atoms with Gasteiger partial charge in [-0.3, -0.25) is 13.2 Å². The fraction of sp³-hybridized carbons (Fsp3) is 0.682. The zero-order valence-corrected chi connectivity index (χ0v) is 18.1. The van der Waals surface area contributed by atoms with E-state index in [0.29, 0.717) is 37.2 Å². The van der Waals surface area contributed by atoms with E-state index in [0.717, 1.165) is 37.7 Å². The minimum atomic E-state index is -1.63. The van der Waals surface area contributed by atoms with Crippen LogP contribution < -0.4 is 5.32 Å². The number of nitrogens with one attached hydrogen (secondary N) is 1. The van der Waals surface area contributed by atoms with Crippen LogP contribution in [0.15, 0.2) is 36.1 Å². The molecular weight excluding hydrogens is 390 g/mol. The molecule has 0 bridgehead atoms. The highest BCUT2D eigenvalue weighted by molar-refractivity contribution is 7.75. The molecule has 2 aliphatic carbocycles. The number of hydrogen-bond acceptors (Lipinski definition) is 5. The van der Waals surface area contributed by atoms with E-state index in [1.165, 1.54) is 5.57 Å². The SMILES string of the molecule is C=C1OCC(NC=O)/C1=C\C[C@@H]1C(=C)CC[C@@H]2[C@]3(C)COS(=O)O[C@@H]3CC[C@]21C. The summed E-state index contributed by atoms with van der Waals surface area (Å²) in [6.45, 7) is 13.9. The number of fused-ring (bicyclic) bond motifs is 3. The second-order valence-corrected chi connectivity index (χ2v) is 10.2. The van der Waals surface area contributed by atoms with Gasteiger partial charge in [-0.05, 0) is 49.4 Å². The molecular formula is C22H31NO5S. The average Bonchev–Trinajstić information content (AvgIpc) is 3.02. The Balaban J connectivity index is 1.60. The van der Waals surface area contributed by atoms with Crippen LogP contribution in [0.1, 0.15) is 46.0 Å². The van der Waals surface area contributed by atoms with Crippen LogP contribution in [-0.2, 0) is 29.3 Å². The predicted octanol–water partition coefficient (Wildman–Crippen LogP) is 3.34. The number of allylic oxidation sites excluding steroid dienone is 2. The molecule has 2 saturated carbocycles. The Labute approximate surface area is 175 Å². The maximum absolute atomic E-state index is 11.8. The van der Waals surface area contributed by atoms with Crippen molar-refractivity contribution in [2.45, 2.75) is 58.1 Å². The van der Waals surface area contributed by atoms with Gasteiger partial charge in [0.25, 0.3) is 0 Å². The number of hydrogen-bond donors (Lipinski definition) is 1. The maximum atomic E-state index is 11.8. The van der Waals surface area contributed by atoms with Crippen LogP contribution in [0.5, 0.6) is 0 Å². The van der Waals surface area contributed by atoms with E-state index in [1.807, 2.05) is 0 Å². The lowest BCUT2D eigenvalue weighted by atomic mass is 9.46. The molecule has 4 aliphatic rings. The third-order valence-corrected chi connectivity index (χ3v) is 8.64. The summed E-state index contributed by atoms with van der Waals surface area (Å²) in [7, 11) is 0. The minimum Gasteiger partial charge on any atom is -0.491 e. The summed E-state index contributed by atoms with van der Waals surface area (Å²) in [6, 6.07) is -0.135. The lowest BCUT2D eigenvalue weighted by molar-refractivity contribution is -0.154. The Morgan fingerprint density at radius 2 is 2.07 bits per heavy atom. The fourth-order valence-corrected chi connectivity index (χ4v) is 7.24. The summed E-state index contributed by atoms with van der Waals surface area (Å²) in [5.74, 6) is 1.37. The zero-order valence-electron chi connectivity index (χ0n) is 17.3. The highest BCUT2D eigenvalue weighted by Crippen LogP contribution is 2.63. The Bertz CT molecular complexity index is 779. The lowest BCUT2D eigenvalue weighted by Crippen LogP contribution is -2.60. The normalized spacial score (nSPS) is 46.0. The van der Waals surface area contributed by atoms with Crippen molar-refractivity contribution < 1.29 is 22.1 Å². The summed E-state index contributed by atoms with van der Waals surface area (Å²) in [6.07, 6.45) is 7.63. The molecule has 7 heteroatoms. The van der Waals surface area contributed by atoms with Gasteiger partial charge < -0.3 is 10.1 Å². The largest absolute Gasteiger partial charge is 0.491 e. The molecule has 29 heavy (non-hydrogen) atoms. The van der Waals surface area contributed by atoms with E-state index >= 15 is 0 Å². The van der Waals surface area contributed by atoms with Gasteiger partial charge in [0.15, 0.2) is 0 Å². The van der Waals surface area contributed by atoms with Gasteiger partial charge >= 0.3 is 11.4 Å². The van der Waals surface area contributed by atoms with Gasteiger partial charge in [0, 0.05) is 11.0 Å². The molecule has 7 atom stereocenters. The second kappa shape index (κ2) is 7.67. The number of ether oxygens (including phenoxy) is 1. The Hall–Kier alpha value is -1.44. The van der Waals surface area contributed by atoms with E-state index in [2.05, 4.69) is 38.4 Å². The number of amides is 1. The summed E-state index contributed by atoms with van der Waals surface area (Å²) >= 11 is -1.63. The third kappa shape index (κ3) is 3.41. The topological polar surface area (TPSA) is 73.9 Å².